The lowest BCUT2D eigenvalue weighted by Gasteiger charge is -2.23. The minimum absolute atomic E-state index is 0.133. The summed E-state index contributed by atoms with van der Waals surface area (Å²) in [5.74, 6) is 0.885. The molecule has 1 aliphatic heterocycles. The Labute approximate surface area is 116 Å². The molecule has 1 unspecified atom stereocenters. The second-order valence-electron chi connectivity index (χ2n) is 4.87. The normalized spacial score (nSPS) is 19.6. The van der Waals surface area contributed by atoms with Gasteiger partial charge in [-0.1, -0.05) is 12.1 Å². The predicted molar refractivity (Wildman–Crippen MR) is 69.1 cm³/mol. The smallest absolute Gasteiger partial charge is 0.422 e. The topological polar surface area (TPSA) is 30.5 Å². The van der Waals surface area contributed by atoms with E-state index in [9.17, 15) is 13.2 Å². The van der Waals surface area contributed by atoms with Crippen molar-refractivity contribution in [2.24, 2.45) is 5.92 Å². The van der Waals surface area contributed by atoms with E-state index in [1.54, 1.807) is 18.2 Å². The maximum absolute atomic E-state index is 12.2. The van der Waals surface area contributed by atoms with Crippen LogP contribution in [0.15, 0.2) is 24.3 Å². The van der Waals surface area contributed by atoms with Crippen molar-refractivity contribution >= 4 is 0 Å². The predicted octanol–water partition coefficient (Wildman–Crippen LogP) is 3.01. The lowest BCUT2D eigenvalue weighted by atomic mass is 10.0. The van der Waals surface area contributed by atoms with Crippen LogP contribution in [0.2, 0.25) is 0 Å². The molecule has 0 aromatic heterocycles. The van der Waals surface area contributed by atoms with Gasteiger partial charge < -0.3 is 14.8 Å². The molecule has 0 bridgehead atoms. The van der Waals surface area contributed by atoms with Gasteiger partial charge in [0.25, 0.3) is 0 Å². The highest BCUT2D eigenvalue weighted by Crippen LogP contribution is 2.29. The van der Waals surface area contributed by atoms with E-state index in [0.29, 0.717) is 18.3 Å². The Bertz CT molecular complexity index is 417. The second-order valence-corrected chi connectivity index (χ2v) is 4.87. The molecule has 6 heteroatoms. The number of rotatable bonds is 5. The Morgan fingerprint density at radius 2 is 1.85 bits per heavy atom. The number of nitrogens with one attached hydrogen (secondary N) is 1. The van der Waals surface area contributed by atoms with E-state index in [1.807, 2.05) is 0 Å². The first-order chi connectivity index (χ1) is 9.54. The average Bonchev–Trinajstić information content (AvgIpc) is 2.44. The summed E-state index contributed by atoms with van der Waals surface area (Å²) in [6.45, 7) is 1.07. The molecule has 1 fully saturated rings. The summed E-state index contributed by atoms with van der Waals surface area (Å²) < 4.78 is 46.9. The van der Waals surface area contributed by atoms with E-state index in [1.165, 1.54) is 6.07 Å². The van der Waals surface area contributed by atoms with E-state index in [2.05, 4.69) is 5.32 Å². The van der Waals surface area contributed by atoms with Crippen LogP contribution in [0.1, 0.15) is 12.8 Å². The summed E-state index contributed by atoms with van der Waals surface area (Å²) in [7, 11) is 0. The fraction of sp³-hybridized carbons (Fsp3) is 0.571. The molecule has 0 spiro atoms. The number of halogens is 3. The van der Waals surface area contributed by atoms with E-state index in [4.69, 9.17) is 9.47 Å². The molecule has 1 N–H and O–H groups in total. The van der Waals surface area contributed by atoms with Crippen LogP contribution in [0.25, 0.3) is 0 Å². The van der Waals surface area contributed by atoms with Gasteiger partial charge in [0.2, 0.25) is 0 Å². The molecule has 0 amide bonds. The highest BCUT2D eigenvalue weighted by molar-refractivity contribution is 5.39. The first kappa shape index (κ1) is 15.0. The highest BCUT2D eigenvalue weighted by atomic mass is 19.4. The average molecular weight is 289 g/mol. The van der Waals surface area contributed by atoms with Crippen LogP contribution in [0.5, 0.6) is 11.5 Å². The third kappa shape index (κ3) is 4.92. The third-order valence-electron chi connectivity index (χ3n) is 3.11. The quantitative estimate of drug-likeness (QED) is 0.904. The first-order valence-corrected chi connectivity index (χ1v) is 6.67. The van der Waals surface area contributed by atoms with Gasteiger partial charge in [0.05, 0.1) is 6.61 Å². The van der Waals surface area contributed by atoms with Gasteiger partial charge in [0, 0.05) is 12.5 Å². The minimum Gasteiger partial charge on any atom is -0.489 e. The Kier molecular flexibility index (Phi) is 5.11. The van der Waals surface area contributed by atoms with Crippen molar-refractivity contribution in [3.05, 3.63) is 24.3 Å². The standard InChI is InChI=1S/C14H18F3NO2/c15-14(16,17)10-20-13-6-2-1-5-12(13)19-9-11-4-3-7-18-8-11/h1-2,5-6,11,18H,3-4,7-10H2. The fourth-order valence-corrected chi connectivity index (χ4v) is 2.12. The van der Waals surface area contributed by atoms with Gasteiger partial charge in [-0.25, -0.2) is 0 Å². The van der Waals surface area contributed by atoms with Gasteiger partial charge >= 0.3 is 6.18 Å². The van der Waals surface area contributed by atoms with Crippen LogP contribution in [-0.2, 0) is 0 Å². The summed E-state index contributed by atoms with van der Waals surface area (Å²) >= 11 is 0. The van der Waals surface area contributed by atoms with Crippen LogP contribution in [0.3, 0.4) is 0 Å². The Hall–Kier alpha value is -1.43. The van der Waals surface area contributed by atoms with Crippen molar-refractivity contribution in [1.82, 2.24) is 5.32 Å². The van der Waals surface area contributed by atoms with Crippen molar-refractivity contribution < 1.29 is 22.6 Å². The molecule has 0 radical (unpaired) electrons. The van der Waals surface area contributed by atoms with Crippen molar-refractivity contribution in [1.29, 1.82) is 0 Å². The van der Waals surface area contributed by atoms with E-state index < -0.39 is 12.8 Å². The van der Waals surface area contributed by atoms with Gasteiger partial charge in [0.1, 0.15) is 0 Å². The number of benzene rings is 1. The van der Waals surface area contributed by atoms with Crippen LogP contribution < -0.4 is 14.8 Å². The molecule has 2 rings (SSSR count). The summed E-state index contributed by atoms with van der Waals surface area (Å²) in [6, 6.07) is 6.46. The molecule has 1 heterocycles. The molecule has 1 aromatic carbocycles. The van der Waals surface area contributed by atoms with Gasteiger partial charge in [-0.15, -0.1) is 0 Å². The largest absolute Gasteiger partial charge is 0.489 e. The molecule has 1 saturated heterocycles. The number of piperidine rings is 1. The zero-order valence-electron chi connectivity index (χ0n) is 11.1. The Balaban J connectivity index is 1.89. The molecule has 3 nitrogen and oxygen atoms in total. The lowest BCUT2D eigenvalue weighted by molar-refractivity contribution is -0.153. The summed E-state index contributed by atoms with van der Waals surface area (Å²) in [5, 5.41) is 3.27. The van der Waals surface area contributed by atoms with E-state index >= 15 is 0 Å². The van der Waals surface area contributed by atoms with Crippen LogP contribution >= 0.6 is 0 Å². The second kappa shape index (κ2) is 6.83. The number of para-hydroxylation sites is 2. The number of hydrogen-bond donors (Lipinski definition) is 1. The number of hydrogen-bond acceptors (Lipinski definition) is 3. The van der Waals surface area contributed by atoms with Crippen LogP contribution in [-0.4, -0.2) is 32.5 Å². The molecule has 20 heavy (non-hydrogen) atoms. The molecule has 0 saturated carbocycles. The van der Waals surface area contributed by atoms with Gasteiger partial charge in [-0.2, -0.15) is 13.2 Å². The minimum atomic E-state index is -4.35. The molecular formula is C14H18F3NO2. The maximum Gasteiger partial charge on any atom is 0.422 e. The Morgan fingerprint density at radius 3 is 2.45 bits per heavy atom. The van der Waals surface area contributed by atoms with Crippen molar-refractivity contribution in [2.45, 2.75) is 19.0 Å². The summed E-state index contributed by atoms with van der Waals surface area (Å²) in [6.07, 6.45) is -2.18. The van der Waals surface area contributed by atoms with Gasteiger partial charge in [-0.05, 0) is 31.5 Å². The first-order valence-electron chi connectivity index (χ1n) is 6.67. The maximum atomic E-state index is 12.2. The molecule has 112 valence electrons. The summed E-state index contributed by atoms with van der Waals surface area (Å²) in [5.41, 5.74) is 0. The van der Waals surface area contributed by atoms with Crippen molar-refractivity contribution in [3.63, 3.8) is 0 Å². The molecule has 0 aliphatic carbocycles. The summed E-state index contributed by atoms with van der Waals surface area (Å²) in [4.78, 5) is 0. The fourth-order valence-electron chi connectivity index (χ4n) is 2.12. The molecular weight excluding hydrogens is 271 g/mol. The SMILES string of the molecule is FC(F)(F)COc1ccccc1OCC1CCCNC1. The van der Waals surface area contributed by atoms with Crippen molar-refractivity contribution in [3.8, 4) is 11.5 Å². The third-order valence-corrected chi connectivity index (χ3v) is 3.11. The van der Waals surface area contributed by atoms with Gasteiger partial charge in [0.15, 0.2) is 18.1 Å². The van der Waals surface area contributed by atoms with Crippen LogP contribution in [0, 0.1) is 5.92 Å². The lowest BCUT2D eigenvalue weighted by Crippen LogP contribution is -2.33. The molecule has 1 aliphatic rings. The zero-order valence-corrected chi connectivity index (χ0v) is 11.1. The molecule has 1 atom stereocenters. The highest BCUT2D eigenvalue weighted by Gasteiger charge is 2.29. The molecule has 1 aromatic rings. The van der Waals surface area contributed by atoms with Crippen molar-refractivity contribution in [2.75, 3.05) is 26.3 Å². The number of ether oxygens (including phenoxy) is 2. The van der Waals surface area contributed by atoms with Gasteiger partial charge in [-0.3, -0.25) is 0 Å². The number of alkyl halides is 3. The van der Waals surface area contributed by atoms with E-state index in [-0.39, 0.29) is 5.75 Å². The van der Waals surface area contributed by atoms with Crippen LogP contribution in [0.4, 0.5) is 13.2 Å². The monoisotopic (exact) mass is 289 g/mol. The Morgan fingerprint density at radius 1 is 1.15 bits per heavy atom. The zero-order chi connectivity index (χ0) is 14.4. The van der Waals surface area contributed by atoms with E-state index in [0.717, 1.165) is 25.9 Å².